The summed E-state index contributed by atoms with van der Waals surface area (Å²) < 4.78 is 37.6. The molecule has 22 heavy (non-hydrogen) atoms. The number of halogens is 4. The number of esters is 2. The van der Waals surface area contributed by atoms with Gasteiger partial charge in [-0.25, -0.2) is 4.79 Å². The van der Waals surface area contributed by atoms with E-state index in [1.165, 1.54) is 26.0 Å². The summed E-state index contributed by atoms with van der Waals surface area (Å²) in [6, 6.07) is 2.44. The minimum Gasteiger partial charge on any atom is -0.461 e. The molecule has 1 unspecified atom stereocenters. The lowest BCUT2D eigenvalue weighted by molar-refractivity contribution is -0.189. The molecule has 0 aliphatic heterocycles. The molecule has 0 radical (unpaired) electrons. The molecule has 0 saturated carbocycles. The standard InChI is InChI=1S/C13H12F2I2O5/c1-3-21-12(20)13(14,15)11(19)7-4-8(16)10(9(17)5-7)22-6(2)18/h4-5,11,19H,3H2,1-2H3. The number of benzene rings is 1. The summed E-state index contributed by atoms with van der Waals surface area (Å²) in [6.45, 7) is 2.38. The van der Waals surface area contributed by atoms with Crippen molar-refractivity contribution in [1.29, 1.82) is 0 Å². The molecule has 1 rings (SSSR count). The molecule has 1 N–H and O–H groups in total. The van der Waals surface area contributed by atoms with Crippen molar-refractivity contribution in [2.75, 3.05) is 6.61 Å². The van der Waals surface area contributed by atoms with Gasteiger partial charge in [-0.3, -0.25) is 4.79 Å². The molecule has 1 atom stereocenters. The summed E-state index contributed by atoms with van der Waals surface area (Å²) in [5, 5.41) is 9.80. The van der Waals surface area contributed by atoms with Crippen molar-refractivity contribution >= 4 is 57.1 Å². The van der Waals surface area contributed by atoms with E-state index < -0.39 is 24.0 Å². The Morgan fingerprint density at radius 1 is 1.32 bits per heavy atom. The second kappa shape index (κ2) is 7.81. The molecule has 0 saturated heterocycles. The Kier molecular flexibility index (Phi) is 6.92. The van der Waals surface area contributed by atoms with Crippen LogP contribution in [0, 0.1) is 7.14 Å². The average molecular weight is 540 g/mol. The smallest absolute Gasteiger partial charge is 0.380 e. The third-order valence-corrected chi connectivity index (χ3v) is 4.08. The fourth-order valence-electron chi connectivity index (χ4n) is 1.53. The molecule has 9 heteroatoms. The molecule has 0 fully saturated rings. The summed E-state index contributed by atoms with van der Waals surface area (Å²) in [5.74, 6) is -6.22. The largest absolute Gasteiger partial charge is 0.461 e. The van der Waals surface area contributed by atoms with Gasteiger partial charge in [0.1, 0.15) is 0 Å². The Morgan fingerprint density at radius 3 is 2.23 bits per heavy atom. The Morgan fingerprint density at radius 2 is 1.82 bits per heavy atom. The van der Waals surface area contributed by atoms with Gasteiger partial charge in [-0.2, -0.15) is 8.78 Å². The van der Waals surface area contributed by atoms with Crippen LogP contribution >= 0.6 is 45.2 Å². The number of rotatable bonds is 5. The van der Waals surface area contributed by atoms with Crippen LogP contribution in [0.2, 0.25) is 0 Å². The van der Waals surface area contributed by atoms with Crippen LogP contribution in [0.15, 0.2) is 12.1 Å². The van der Waals surface area contributed by atoms with Crippen molar-refractivity contribution in [3.8, 4) is 5.75 Å². The number of carbonyl (C=O) groups excluding carboxylic acids is 2. The van der Waals surface area contributed by atoms with Gasteiger partial charge in [0.15, 0.2) is 11.9 Å². The zero-order valence-electron chi connectivity index (χ0n) is 11.5. The van der Waals surface area contributed by atoms with Gasteiger partial charge >= 0.3 is 17.9 Å². The second-order valence-corrected chi connectivity index (χ2v) is 6.48. The summed E-state index contributed by atoms with van der Waals surface area (Å²) >= 11 is 3.57. The normalized spacial score (nSPS) is 12.7. The lowest BCUT2D eigenvalue weighted by atomic mass is 10.0. The molecule has 0 aliphatic carbocycles. The number of carbonyl (C=O) groups is 2. The molecular formula is C13H12F2I2O5. The van der Waals surface area contributed by atoms with Crippen molar-refractivity contribution in [1.82, 2.24) is 0 Å². The lowest BCUT2D eigenvalue weighted by Crippen LogP contribution is -2.37. The van der Waals surface area contributed by atoms with Gasteiger partial charge in [0.2, 0.25) is 0 Å². The summed E-state index contributed by atoms with van der Waals surface area (Å²) in [7, 11) is 0. The van der Waals surface area contributed by atoms with E-state index in [1.807, 2.05) is 0 Å². The monoisotopic (exact) mass is 540 g/mol. The highest BCUT2D eigenvalue weighted by Crippen LogP contribution is 2.37. The molecule has 0 heterocycles. The zero-order chi connectivity index (χ0) is 17.1. The molecule has 0 bridgehead atoms. The van der Waals surface area contributed by atoms with E-state index in [9.17, 15) is 23.5 Å². The van der Waals surface area contributed by atoms with Gasteiger partial charge in [-0.15, -0.1) is 0 Å². The molecule has 0 aliphatic rings. The highest BCUT2D eigenvalue weighted by Gasteiger charge is 2.49. The second-order valence-electron chi connectivity index (χ2n) is 4.15. The van der Waals surface area contributed by atoms with Crippen LogP contribution in [0.5, 0.6) is 5.75 Å². The fourth-order valence-corrected chi connectivity index (χ4v) is 3.56. The minimum atomic E-state index is -4.08. The molecule has 122 valence electrons. The van der Waals surface area contributed by atoms with Crippen LogP contribution in [0.1, 0.15) is 25.5 Å². The lowest BCUT2D eigenvalue weighted by Gasteiger charge is -2.21. The Labute approximate surface area is 152 Å². The minimum absolute atomic E-state index is 0.178. The molecule has 0 aromatic heterocycles. The quantitative estimate of drug-likeness (QED) is 0.354. The van der Waals surface area contributed by atoms with Crippen molar-refractivity contribution in [3.63, 3.8) is 0 Å². The maximum atomic E-state index is 13.8. The molecule has 5 nitrogen and oxygen atoms in total. The predicted molar refractivity (Wildman–Crippen MR) is 89.7 cm³/mol. The van der Waals surface area contributed by atoms with Gasteiger partial charge in [0.25, 0.3) is 0 Å². The van der Waals surface area contributed by atoms with E-state index >= 15 is 0 Å². The molecule has 1 aromatic carbocycles. The van der Waals surface area contributed by atoms with Gasteiger partial charge < -0.3 is 14.6 Å². The fraction of sp³-hybridized carbons (Fsp3) is 0.385. The highest BCUT2D eigenvalue weighted by atomic mass is 127. The van der Waals surface area contributed by atoms with Crippen LogP contribution in [0.25, 0.3) is 0 Å². The Bertz CT molecular complexity index is 569. The first-order valence-corrected chi connectivity index (χ1v) is 8.17. The van der Waals surface area contributed by atoms with E-state index in [0.717, 1.165) is 0 Å². The van der Waals surface area contributed by atoms with Crippen molar-refractivity contribution in [2.24, 2.45) is 0 Å². The Hall–Kier alpha value is -0.560. The van der Waals surface area contributed by atoms with Crippen LogP contribution < -0.4 is 4.74 Å². The van der Waals surface area contributed by atoms with Gasteiger partial charge in [0, 0.05) is 6.92 Å². The van der Waals surface area contributed by atoms with Crippen LogP contribution in [-0.4, -0.2) is 29.6 Å². The molecule has 0 amide bonds. The maximum Gasteiger partial charge on any atom is 0.380 e. The van der Waals surface area contributed by atoms with Crippen LogP contribution in [0.4, 0.5) is 8.78 Å². The number of alkyl halides is 2. The first-order valence-electron chi connectivity index (χ1n) is 6.01. The van der Waals surface area contributed by atoms with E-state index in [4.69, 9.17) is 4.74 Å². The summed E-state index contributed by atoms with van der Waals surface area (Å²) in [5.41, 5.74) is -0.178. The SMILES string of the molecule is CCOC(=O)C(F)(F)C(O)c1cc(I)c(OC(C)=O)c(I)c1. The van der Waals surface area contributed by atoms with Crippen molar-refractivity contribution in [2.45, 2.75) is 25.9 Å². The van der Waals surface area contributed by atoms with Gasteiger partial charge in [0.05, 0.1) is 13.7 Å². The molecule has 1 aromatic rings. The topological polar surface area (TPSA) is 72.8 Å². The summed E-state index contributed by atoms with van der Waals surface area (Å²) in [4.78, 5) is 22.3. The number of hydrogen-bond donors (Lipinski definition) is 1. The van der Waals surface area contributed by atoms with Crippen molar-refractivity contribution in [3.05, 3.63) is 24.8 Å². The number of aliphatic hydroxyl groups is 1. The number of aliphatic hydroxyl groups excluding tert-OH is 1. The highest BCUT2D eigenvalue weighted by molar-refractivity contribution is 14.1. The van der Waals surface area contributed by atoms with E-state index in [2.05, 4.69) is 4.74 Å². The van der Waals surface area contributed by atoms with Crippen molar-refractivity contribution < 1.29 is 33.0 Å². The van der Waals surface area contributed by atoms with Crippen LogP contribution in [0.3, 0.4) is 0 Å². The van der Waals surface area contributed by atoms with E-state index in [0.29, 0.717) is 7.14 Å². The van der Waals surface area contributed by atoms with E-state index in [-0.39, 0.29) is 17.9 Å². The first kappa shape index (κ1) is 19.5. The predicted octanol–water partition coefficient (Wildman–Crippen LogP) is 3.05. The third-order valence-electron chi connectivity index (χ3n) is 2.47. The first-order chi connectivity index (χ1) is 10.1. The van der Waals surface area contributed by atoms with E-state index in [1.54, 1.807) is 45.2 Å². The van der Waals surface area contributed by atoms with Gasteiger partial charge in [-0.05, 0) is 69.8 Å². The maximum absolute atomic E-state index is 13.8. The average Bonchev–Trinajstić information content (AvgIpc) is 2.41. The summed E-state index contributed by atoms with van der Waals surface area (Å²) in [6.07, 6.45) is -2.36. The Balaban J connectivity index is 3.17. The molecule has 0 spiro atoms. The third kappa shape index (κ3) is 4.47. The number of ether oxygens (including phenoxy) is 2. The number of hydrogen-bond acceptors (Lipinski definition) is 5. The van der Waals surface area contributed by atoms with Crippen LogP contribution in [-0.2, 0) is 14.3 Å². The molecular weight excluding hydrogens is 528 g/mol. The van der Waals surface area contributed by atoms with Gasteiger partial charge in [-0.1, -0.05) is 0 Å². The zero-order valence-corrected chi connectivity index (χ0v) is 15.8.